The lowest BCUT2D eigenvalue weighted by atomic mass is 9.64. The number of hydrogen-bond acceptors (Lipinski definition) is 8. The van der Waals surface area contributed by atoms with E-state index >= 15 is 4.39 Å². The van der Waals surface area contributed by atoms with Gasteiger partial charge in [-0.1, -0.05) is 0 Å². The number of hydrogen-bond donors (Lipinski definition) is 1. The fourth-order valence-electron chi connectivity index (χ4n) is 4.81. The Bertz CT molecular complexity index is 1040. The summed E-state index contributed by atoms with van der Waals surface area (Å²) in [5.41, 5.74) is -1.22. The first-order chi connectivity index (χ1) is 14.9. The zero-order valence-corrected chi connectivity index (χ0v) is 17.1. The Labute approximate surface area is 177 Å². The normalized spacial score (nSPS) is 27.9. The third-order valence-electron chi connectivity index (χ3n) is 6.28. The van der Waals surface area contributed by atoms with Gasteiger partial charge in [0.25, 0.3) is 0 Å². The van der Waals surface area contributed by atoms with Gasteiger partial charge in [-0.2, -0.15) is 0 Å². The monoisotopic (exact) mass is 432 g/mol. The molecular formula is C22H21FO8. The number of carbonyl (C=O) groups is 1. The predicted molar refractivity (Wildman–Crippen MR) is 104 cm³/mol. The quantitative estimate of drug-likeness (QED) is 0.737. The molecule has 1 aliphatic carbocycles. The molecule has 4 atom stereocenters. The van der Waals surface area contributed by atoms with Crippen molar-refractivity contribution >= 4 is 5.97 Å². The highest BCUT2D eigenvalue weighted by Gasteiger charge is 2.65. The lowest BCUT2D eigenvalue weighted by Crippen LogP contribution is -2.48. The summed E-state index contributed by atoms with van der Waals surface area (Å²) in [6.45, 7) is -0.208. The van der Waals surface area contributed by atoms with Crippen molar-refractivity contribution in [2.75, 3.05) is 34.7 Å². The molecule has 0 spiro atoms. The molecule has 1 saturated heterocycles. The summed E-state index contributed by atoms with van der Waals surface area (Å²) in [6, 6.07) is 6.44. The first-order valence-electron chi connectivity index (χ1n) is 9.71. The van der Waals surface area contributed by atoms with Gasteiger partial charge in [-0.15, -0.1) is 0 Å². The van der Waals surface area contributed by atoms with Crippen LogP contribution in [0.3, 0.4) is 0 Å². The number of esters is 1. The van der Waals surface area contributed by atoms with E-state index in [9.17, 15) is 9.90 Å². The largest absolute Gasteiger partial charge is 0.493 e. The number of cyclic esters (lactones) is 1. The topological polar surface area (TPSA) is 92.7 Å². The van der Waals surface area contributed by atoms with Crippen molar-refractivity contribution in [1.29, 1.82) is 0 Å². The molecule has 2 aromatic rings. The van der Waals surface area contributed by atoms with Crippen molar-refractivity contribution in [3.05, 3.63) is 41.0 Å². The number of ether oxygens (including phenoxy) is 6. The molecule has 3 aliphatic rings. The molecule has 1 fully saturated rings. The molecule has 0 saturated carbocycles. The van der Waals surface area contributed by atoms with Gasteiger partial charge in [-0.3, -0.25) is 0 Å². The summed E-state index contributed by atoms with van der Waals surface area (Å²) < 4.78 is 48.8. The van der Waals surface area contributed by atoms with Crippen LogP contribution in [0.1, 0.15) is 28.7 Å². The van der Waals surface area contributed by atoms with Crippen molar-refractivity contribution in [2.45, 2.75) is 17.7 Å². The first-order valence-corrected chi connectivity index (χ1v) is 9.71. The number of fused-ring (bicyclic) bond motifs is 3. The molecule has 0 unspecified atom stereocenters. The van der Waals surface area contributed by atoms with Crippen LogP contribution in [0.2, 0.25) is 0 Å². The Morgan fingerprint density at radius 1 is 0.968 bits per heavy atom. The van der Waals surface area contributed by atoms with Gasteiger partial charge < -0.3 is 33.5 Å². The lowest BCUT2D eigenvalue weighted by molar-refractivity contribution is -0.150. The zero-order chi connectivity index (χ0) is 21.9. The standard InChI is InChI=1S/C22H21FO8/c1-26-16-4-10(5-17(27-2)20(16)28-3)18-11-6-14-15(31-9-30-14)7-12(11)19(24)13-8-29-21(25)22(13,18)23/h4-7,13,18-19,24H,8-9H2,1-3H3/t13-,18-,19+,22-/m1/s1. The smallest absolute Gasteiger partial charge is 0.345 e. The summed E-state index contributed by atoms with van der Waals surface area (Å²) in [5, 5.41) is 11.0. The number of aliphatic hydroxyl groups excluding tert-OH is 1. The van der Waals surface area contributed by atoms with Crippen LogP contribution in [0.15, 0.2) is 24.3 Å². The molecule has 5 rings (SSSR count). The summed E-state index contributed by atoms with van der Waals surface area (Å²) >= 11 is 0. The number of aliphatic hydroxyl groups is 1. The number of alkyl halides is 1. The van der Waals surface area contributed by atoms with Gasteiger partial charge in [-0.25, -0.2) is 9.18 Å². The van der Waals surface area contributed by atoms with E-state index in [2.05, 4.69) is 0 Å². The molecule has 164 valence electrons. The van der Waals surface area contributed by atoms with Gasteiger partial charge in [0.2, 0.25) is 18.2 Å². The number of halogens is 1. The second-order valence-corrected chi connectivity index (χ2v) is 7.64. The Hall–Kier alpha value is -3.20. The minimum atomic E-state index is -2.50. The summed E-state index contributed by atoms with van der Waals surface area (Å²) in [7, 11) is 4.37. The minimum Gasteiger partial charge on any atom is -0.493 e. The van der Waals surface area contributed by atoms with Gasteiger partial charge in [0.05, 0.1) is 39.3 Å². The van der Waals surface area contributed by atoms with Crippen molar-refractivity contribution in [3.8, 4) is 28.7 Å². The molecule has 8 nitrogen and oxygen atoms in total. The molecule has 0 bridgehead atoms. The van der Waals surface area contributed by atoms with E-state index in [-0.39, 0.29) is 13.4 Å². The lowest BCUT2D eigenvalue weighted by Gasteiger charge is -2.40. The molecule has 2 aromatic carbocycles. The molecule has 1 N–H and O–H groups in total. The Balaban J connectivity index is 1.79. The van der Waals surface area contributed by atoms with Crippen LogP contribution in [0.25, 0.3) is 0 Å². The van der Waals surface area contributed by atoms with E-state index in [1.54, 1.807) is 24.3 Å². The average molecular weight is 432 g/mol. The number of rotatable bonds is 4. The maximum absolute atomic E-state index is 16.6. The average Bonchev–Trinajstić information content (AvgIpc) is 3.36. The van der Waals surface area contributed by atoms with Crippen LogP contribution >= 0.6 is 0 Å². The van der Waals surface area contributed by atoms with E-state index in [1.807, 2.05) is 0 Å². The van der Waals surface area contributed by atoms with Crippen LogP contribution in [0.5, 0.6) is 28.7 Å². The molecular weight excluding hydrogens is 411 g/mol. The third-order valence-corrected chi connectivity index (χ3v) is 6.28. The molecule has 9 heteroatoms. The van der Waals surface area contributed by atoms with Crippen molar-refractivity contribution in [1.82, 2.24) is 0 Å². The summed E-state index contributed by atoms with van der Waals surface area (Å²) in [4.78, 5) is 12.7. The number of benzene rings is 2. The summed E-state index contributed by atoms with van der Waals surface area (Å²) in [6.07, 6.45) is -1.25. The Kier molecular flexibility index (Phi) is 4.40. The minimum absolute atomic E-state index is 0.0232. The van der Waals surface area contributed by atoms with Gasteiger partial charge in [0, 0.05) is 0 Å². The highest BCUT2D eigenvalue weighted by Crippen LogP contribution is 2.58. The van der Waals surface area contributed by atoms with Gasteiger partial charge >= 0.3 is 5.97 Å². The van der Waals surface area contributed by atoms with Crippen molar-refractivity contribution in [3.63, 3.8) is 0 Å². The third kappa shape index (κ3) is 2.59. The molecule has 2 aliphatic heterocycles. The Morgan fingerprint density at radius 2 is 1.58 bits per heavy atom. The first kappa shape index (κ1) is 19.7. The second kappa shape index (κ2) is 6.91. The highest BCUT2D eigenvalue weighted by atomic mass is 19.1. The molecule has 0 radical (unpaired) electrons. The van der Waals surface area contributed by atoms with Crippen LogP contribution in [-0.2, 0) is 9.53 Å². The molecule has 0 aromatic heterocycles. The van der Waals surface area contributed by atoms with Crippen molar-refractivity contribution in [2.24, 2.45) is 5.92 Å². The SMILES string of the molecule is COc1cc([C@@H]2c3cc4c(cc3[C@H](O)[C@H]3COC(=O)[C@]23F)OCO4)cc(OC)c1OC. The van der Waals surface area contributed by atoms with E-state index in [0.29, 0.717) is 45.4 Å². The van der Waals surface area contributed by atoms with Crippen LogP contribution in [-0.4, -0.2) is 51.5 Å². The molecule has 2 heterocycles. The highest BCUT2D eigenvalue weighted by molar-refractivity contribution is 5.86. The van der Waals surface area contributed by atoms with E-state index in [4.69, 9.17) is 28.4 Å². The van der Waals surface area contributed by atoms with Crippen LogP contribution < -0.4 is 23.7 Å². The fourth-order valence-corrected chi connectivity index (χ4v) is 4.81. The van der Waals surface area contributed by atoms with E-state index in [1.165, 1.54) is 21.3 Å². The van der Waals surface area contributed by atoms with Crippen LogP contribution in [0.4, 0.5) is 4.39 Å². The maximum atomic E-state index is 16.6. The number of methoxy groups -OCH3 is 3. The van der Waals surface area contributed by atoms with E-state index < -0.39 is 29.6 Å². The fraction of sp³-hybridized carbons (Fsp3) is 0.409. The molecule has 31 heavy (non-hydrogen) atoms. The van der Waals surface area contributed by atoms with Gasteiger partial charge in [0.15, 0.2) is 23.0 Å². The zero-order valence-electron chi connectivity index (χ0n) is 17.1. The van der Waals surface area contributed by atoms with E-state index in [0.717, 1.165) is 0 Å². The second-order valence-electron chi connectivity index (χ2n) is 7.64. The van der Waals surface area contributed by atoms with Gasteiger partial charge in [-0.05, 0) is 41.0 Å². The Morgan fingerprint density at radius 3 is 2.16 bits per heavy atom. The van der Waals surface area contributed by atoms with Crippen LogP contribution in [0, 0.1) is 5.92 Å². The summed E-state index contributed by atoms with van der Waals surface area (Å²) in [5.74, 6) is -1.36. The molecule has 0 amide bonds. The predicted octanol–water partition coefficient (Wildman–Crippen LogP) is 2.50. The number of carbonyl (C=O) groups excluding carboxylic acids is 1. The maximum Gasteiger partial charge on any atom is 0.345 e. The van der Waals surface area contributed by atoms with Crippen molar-refractivity contribution < 1.29 is 42.7 Å². The van der Waals surface area contributed by atoms with Gasteiger partial charge in [0.1, 0.15) is 6.61 Å².